The summed E-state index contributed by atoms with van der Waals surface area (Å²) in [6, 6.07) is 12.9. The first-order chi connectivity index (χ1) is 9.63. The smallest absolute Gasteiger partial charge is 0.340 e. The Balaban J connectivity index is 2.28. The van der Waals surface area contributed by atoms with Gasteiger partial charge in [-0.25, -0.2) is 4.79 Å². The summed E-state index contributed by atoms with van der Waals surface area (Å²) in [6.07, 6.45) is 0. The van der Waals surface area contributed by atoms with E-state index < -0.39 is 5.97 Å². The summed E-state index contributed by atoms with van der Waals surface area (Å²) in [6.45, 7) is 0.345. The third-order valence-corrected chi connectivity index (χ3v) is 3.39. The fraction of sp³-hybridized carbons (Fsp3) is 0.133. The maximum Gasteiger partial charge on any atom is 0.340 e. The lowest BCUT2D eigenvalue weighted by Gasteiger charge is -2.13. The van der Waals surface area contributed by atoms with Crippen LogP contribution in [0.3, 0.4) is 0 Å². The number of methoxy groups -OCH3 is 1. The number of benzene rings is 2. The van der Waals surface area contributed by atoms with E-state index in [1.165, 1.54) is 7.11 Å². The van der Waals surface area contributed by atoms with Crippen LogP contribution < -0.4 is 9.47 Å². The molecule has 4 nitrogen and oxygen atoms in total. The van der Waals surface area contributed by atoms with Crippen molar-refractivity contribution in [1.29, 1.82) is 0 Å². The highest BCUT2D eigenvalue weighted by molar-refractivity contribution is 9.10. The second-order valence-corrected chi connectivity index (χ2v) is 4.89. The van der Waals surface area contributed by atoms with Gasteiger partial charge in [-0.3, -0.25) is 0 Å². The molecule has 104 valence electrons. The maximum atomic E-state index is 11.3. The molecule has 0 spiro atoms. The molecule has 0 aliphatic heterocycles. The van der Waals surface area contributed by atoms with Gasteiger partial charge in [-0.05, 0) is 33.6 Å². The first kappa shape index (κ1) is 14.4. The molecule has 2 aromatic carbocycles. The molecule has 0 aromatic heterocycles. The van der Waals surface area contributed by atoms with Gasteiger partial charge in [0.1, 0.15) is 12.2 Å². The Morgan fingerprint density at radius 1 is 1.20 bits per heavy atom. The van der Waals surface area contributed by atoms with E-state index in [0.717, 1.165) is 5.56 Å². The van der Waals surface area contributed by atoms with E-state index in [1.54, 1.807) is 12.1 Å². The zero-order valence-corrected chi connectivity index (χ0v) is 12.4. The highest BCUT2D eigenvalue weighted by Crippen LogP contribution is 2.36. The number of rotatable bonds is 5. The molecule has 2 aromatic rings. The van der Waals surface area contributed by atoms with Crippen LogP contribution in [0, 0.1) is 0 Å². The van der Waals surface area contributed by atoms with E-state index >= 15 is 0 Å². The van der Waals surface area contributed by atoms with Crippen LogP contribution >= 0.6 is 15.9 Å². The molecule has 0 heterocycles. The van der Waals surface area contributed by atoms with Gasteiger partial charge < -0.3 is 14.6 Å². The Morgan fingerprint density at radius 2 is 1.90 bits per heavy atom. The highest BCUT2D eigenvalue weighted by Gasteiger charge is 2.19. The largest absolute Gasteiger partial charge is 0.492 e. The van der Waals surface area contributed by atoms with Crippen molar-refractivity contribution in [2.75, 3.05) is 7.11 Å². The lowest BCUT2D eigenvalue weighted by atomic mass is 10.2. The van der Waals surface area contributed by atoms with Gasteiger partial charge >= 0.3 is 5.97 Å². The number of hydrogen-bond donors (Lipinski definition) is 1. The van der Waals surface area contributed by atoms with E-state index in [0.29, 0.717) is 16.8 Å². The van der Waals surface area contributed by atoms with Crippen LogP contribution in [0.4, 0.5) is 0 Å². The number of ether oxygens (including phenoxy) is 2. The summed E-state index contributed by atoms with van der Waals surface area (Å²) in [5.74, 6) is -0.460. The summed E-state index contributed by atoms with van der Waals surface area (Å²) < 4.78 is 11.3. The van der Waals surface area contributed by atoms with E-state index in [1.807, 2.05) is 30.3 Å². The molecule has 1 N–H and O–H groups in total. The van der Waals surface area contributed by atoms with E-state index in [9.17, 15) is 9.90 Å². The first-order valence-corrected chi connectivity index (χ1v) is 6.69. The standard InChI is InChI=1S/C15H13BrO4/c1-19-14-12(8-7-11(16)13(14)15(17)18)20-9-10-5-3-2-4-6-10/h2-8H,9H2,1H3,(H,17,18). The molecule has 20 heavy (non-hydrogen) atoms. The Labute approximate surface area is 125 Å². The fourth-order valence-corrected chi connectivity index (χ4v) is 2.27. The van der Waals surface area contributed by atoms with Gasteiger partial charge in [0.15, 0.2) is 11.5 Å². The van der Waals surface area contributed by atoms with Crippen molar-refractivity contribution in [2.24, 2.45) is 0 Å². The van der Waals surface area contributed by atoms with Crippen molar-refractivity contribution in [1.82, 2.24) is 0 Å². The van der Waals surface area contributed by atoms with Crippen LogP contribution in [0.5, 0.6) is 11.5 Å². The third-order valence-electron chi connectivity index (χ3n) is 2.73. The fourth-order valence-electron chi connectivity index (χ4n) is 1.79. The van der Waals surface area contributed by atoms with Gasteiger partial charge in [-0.2, -0.15) is 0 Å². The van der Waals surface area contributed by atoms with Crippen LogP contribution in [0.1, 0.15) is 15.9 Å². The van der Waals surface area contributed by atoms with Crippen LogP contribution in [-0.4, -0.2) is 18.2 Å². The van der Waals surface area contributed by atoms with Crippen molar-refractivity contribution in [3.8, 4) is 11.5 Å². The summed E-state index contributed by atoms with van der Waals surface area (Å²) in [7, 11) is 1.42. The van der Waals surface area contributed by atoms with Crippen LogP contribution in [0.15, 0.2) is 46.9 Å². The lowest BCUT2D eigenvalue weighted by molar-refractivity contribution is 0.0691. The van der Waals surface area contributed by atoms with Gasteiger partial charge in [-0.15, -0.1) is 0 Å². The normalized spacial score (nSPS) is 10.1. The number of carbonyl (C=O) groups is 1. The first-order valence-electron chi connectivity index (χ1n) is 5.90. The van der Waals surface area contributed by atoms with Crippen molar-refractivity contribution in [2.45, 2.75) is 6.61 Å². The minimum atomic E-state index is -1.07. The Morgan fingerprint density at radius 3 is 2.50 bits per heavy atom. The predicted molar refractivity (Wildman–Crippen MR) is 78.4 cm³/mol. The van der Waals surface area contributed by atoms with E-state index in [2.05, 4.69) is 15.9 Å². The predicted octanol–water partition coefficient (Wildman–Crippen LogP) is 3.73. The molecule has 0 unspecified atom stereocenters. The minimum Gasteiger partial charge on any atom is -0.492 e. The molecule has 0 saturated heterocycles. The van der Waals surface area contributed by atoms with Crippen molar-refractivity contribution < 1.29 is 19.4 Å². The van der Waals surface area contributed by atoms with Crippen LogP contribution in [-0.2, 0) is 6.61 Å². The summed E-state index contributed by atoms with van der Waals surface area (Å²) in [4.78, 5) is 11.3. The molecule has 0 atom stereocenters. The summed E-state index contributed by atoms with van der Waals surface area (Å²) in [5.41, 5.74) is 1.05. The number of aromatic carboxylic acids is 1. The molecular weight excluding hydrogens is 324 g/mol. The SMILES string of the molecule is COc1c(OCc2ccccc2)ccc(Br)c1C(=O)O. The Kier molecular flexibility index (Phi) is 4.63. The lowest BCUT2D eigenvalue weighted by Crippen LogP contribution is -2.05. The van der Waals surface area contributed by atoms with E-state index in [-0.39, 0.29) is 11.3 Å². The molecule has 0 fully saturated rings. The molecule has 5 heteroatoms. The minimum absolute atomic E-state index is 0.0538. The van der Waals surface area contributed by atoms with Gasteiger partial charge in [0, 0.05) is 4.47 Å². The summed E-state index contributed by atoms with van der Waals surface area (Å²) >= 11 is 3.20. The quantitative estimate of drug-likeness (QED) is 0.903. The van der Waals surface area contributed by atoms with Gasteiger partial charge in [0.05, 0.1) is 7.11 Å². The third kappa shape index (κ3) is 3.11. The van der Waals surface area contributed by atoms with Gasteiger partial charge in [0.25, 0.3) is 0 Å². The van der Waals surface area contributed by atoms with Crippen LogP contribution in [0.2, 0.25) is 0 Å². The molecule has 0 aliphatic carbocycles. The van der Waals surface area contributed by atoms with Gasteiger partial charge in [0.2, 0.25) is 0 Å². The molecule has 0 amide bonds. The molecule has 2 rings (SSSR count). The zero-order chi connectivity index (χ0) is 14.5. The van der Waals surface area contributed by atoms with Gasteiger partial charge in [-0.1, -0.05) is 30.3 Å². The molecular formula is C15H13BrO4. The monoisotopic (exact) mass is 336 g/mol. The number of hydrogen-bond acceptors (Lipinski definition) is 3. The molecule has 0 aliphatic rings. The molecule has 0 saturated carbocycles. The average molecular weight is 337 g/mol. The molecule has 0 bridgehead atoms. The van der Waals surface area contributed by atoms with Crippen molar-refractivity contribution in [3.05, 3.63) is 58.1 Å². The van der Waals surface area contributed by atoms with Crippen molar-refractivity contribution in [3.63, 3.8) is 0 Å². The Bertz CT molecular complexity index is 611. The maximum absolute atomic E-state index is 11.3. The number of halogens is 1. The Hall–Kier alpha value is -2.01. The molecule has 0 radical (unpaired) electrons. The van der Waals surface area contributed by atoms with E-state index in [4.69, 9.17) is 9.47 Å². The second kappa shape index (κ2) is 6.43. The number of carboxylic acids is 1. The average Bonchev–Trinajstić information content (AvgIpc) is 2.46. The second-order valence-electron chi connectivity index (χ2n) is 4.03. The summed E-state index contributed by atoms with van der Waals surface area (Å²) in [5, 5.41) is 9.22. The highest BCUT2D eigenvalue weighted by atomic mass is 79.9. The van der Waals surface area contributed by atoms with Crippen LogP contribution in [0.25, 0.3) is 0 Å². The number of carboxylic acid groups (broad SMARTS) is 1. The van der Waals surface area contributed by atoms with Crippen molar-refractivity contribution >= 4 is 21.9 Å². The zero-order valence-electron chi connectivity index (χ0n) is 10.8. The topological polar surface area (TPSA) is 55.8 Å².